The van der Waals surface area contributed by atoms with Gasteiger partial charge in [0.1, 0.15) is 12.4 Å². The van der Waals surface area contributed by atoms with Gasteiger partial charge in [0.25, 0.3) is 5.91 Å². The monoisotopic (exact) mass is 341 g/mol. The van der Waals surface area contributed by atoms with Crippen LogP contribution in [0.2, 0.25) is 0 Å². The van der Waals surface area contributed by atoms with Crippen molar-refractivity contribution in [3.63, 3.8) is 0 Å². The molecule has 6 heteroatoms. The van der Waals surface area contributed by atoms with Crippen molar-refractivity contribution in [2.24, 2.45) is 0 Å². The molecule has 6 nitrogen and oxygen atoms in total. The van der Waals surface area contributed by atoms with Crippen molar-refractivity contribution >= 4 is 5.91 Å². The maximum Gasteiger partial charge on any atom is 0.252 e. The Morgan fingerprint density at radius 3 is 2.68 bits per heavy atom. The van der Waals surface area contributed by atoms with Crippen molar-refractivity contribution in [2.75, 3.05) is 39.4 Å². The van der Waals surface area contributed by atoms with E-state index >= 15 is 0 Å². The Balaban J connectivity index is 1.42. The van der Waals surface area contributed by atoms with Crippen LogP contribution in [0.25, 0.3) is 0 Å². The summed E-state index contributed by atoms with van der Waals surface area (Å²) in [5.41, 5.74) is 1.35. The molecule has 0 aliphatic carbocycles. The van der Waals surface area contributed by atoms with E-state index in [1.807, 2.05) is 36.4 Å². The summed E-state index contributed by atoms with van der Waals surface area (Å²) in [6.45, 7) is 5.22. The van der Waals surface area contributed by atoms with E-state index in [-0.39, 0.29) is 5.91 Å². The van der Waals surface area contributed by atoms with Crippen molar-refractivity contribution in [1.29, 1.82) is 0 Å². The number of benzene rings is 1. The fourth-order valence-corrected chi connectivity index (χ4v) is 2.57. The highest BCUT2D eigenvalue weighted by Crippen LogP contribution is 2.11. The van der Waals surface area contributed by atoms with Gasteiger partial charge in [0.2, 0.25) is 0 Å². The molecular weight excluding hydrogens is 318 g/mol. The van der Waals surface area contributed by atoms with Crippen molar-refractivity contribution in [3.05, 3.63) is 59.9 Å². The number of para-hydroxylation sites is 1. The summed E-state index contributed by atoms with van der Waals surface area (Å²) in [5.74, 6) is 0.700. The van der Waals surface area contributed by atoms with Gasteiger partial charge in [0.05, 0.1) is 24.5 Å². The predicted molar refractivity (Wildman–Crippen MR) is 94.6 cm³/mol. The lowest BCUT2D eigenvalue weighted by Crippen LogP contribution is -2.41. The van der Waals surface area contributed by atoms with Crippen LogP contribution >= 0.6 is 0 Å². The normalized spacial score (nSPS) is 14.9. The first-order valence-corrected chi connectivity index (χ1v) is 8.52. The van der Waals surface area contributed by atoms with Gasteiger partial charge in [-0.2, -0.15) is 0 Å². The van der Waals surface area contributed by atoms with Gasteiger partial charge in [0.15, 0.2) is 0 Å². The minimum Gasteiger partial charge on any atom is -0.487 e. The van der Waals surface area contributed by atoms with Gasteiger partial charge < -0.3 is 14.8 Å². The molecule has 0 bridgehead atoms. The molecule has 0 spiro atoms. The van der Waals surface area contributed by atoms with Crippen LogP contribution in [-0.4, -0.2) is 55.2 Å². The molecule has 1 aromatic carbocycles. The molecule has 1 fully saturated rings. The highest BCUT2D eigenvalue weighted by molar-refractivity contribution is 5.93. The Hall–Kier alpha value is -2.44. The molecule has 0 radical (unpaired) electrons. The van der Waals surface area contributed by atoms with E-state index < -0.39 is 0 Å². The number of amides is 1. The lowest BCUT2D eigenvalue weighted by atomic mass is 10.2. The average Bonchev–Trinajstić information content (AvgIpc) is 2.68. The number of ether oxygens (including phenoxy) is 2. The Morgan fingerprint density at radius 2 is 1.96 bits per heavy atom. The van der Waals surface area contributed by atoms with E-state index in [1.54, 1.807) is 12.3 Å². The second-order valence-electron chi connectivity index (χ2n) is 5.85. The average molecular weight is 341 g/mol. The summed E-state index contributed by atoms with van der Waals surface area (Å²) < 4.78 is 11.0. The number of aromatic nitrogens is 1. The number of morpholine rings is 1. The smallest absolute Gasteiger partial charge is 0.252 e. The molecule has 0 atom stereocenters. The minimum atomic E-state index is -0.101. The van der Waals surface area contributed by atoms with E-state index in [0.717, 1.165) is 44.3 Å². The Labute approximate surface area is 147 Å². The van der Waals surface area contributed by atoms with Crippen LogP contribution in [0.1, 0.15) is 16.1 Å². The third-order valence-corrected chi connectivity index (χ3v) is 4.03. The molecule has 0 unspecified atom stereocenters. The zero-order valence-corrected chi connectivity index (χ0v) is 14.2. The van der Waals surface area contributed by atoms with Crippen LogP contribution in [0.3, 0.4) is 0 Å². The van der Waals surface area contributed by atoms with E-state index in [4.69, 9.17) is 9.47 Å². The van der Waals surface area contributed by atoms with Gasteiger partial charge in [-0.3, -0.25) is 14.7 Å². The molecule has 1 aliphatic heterocycles. The quantitative estimate of drug-likeness (QED) is 0.831. The SMILES string of the molecule is O=C(NCCN1CCOCC1)c1ccc(COc2ccccc2)nc1. The predicted octanol–water partition coefficient (Wildman–Crippen LogP) is 1.72. The fourth-order valence-electron chi connectivity index (χ4n) is 2.57. The number of nitrogens with zero attached hydrogens (tertiary/aromatic N) is 2. The minimum absolute atomic E-state index is 0.101. The van der Waals surface area contributed by atoms with Gasteiger partial charge >= 0.3 is 0 Å². The molecule has 1 aromatic heterocycles. The molecular formula is C19H23N3O3. The largest absolute Gasteiger partial charge is 0.487 e. The van der Waals surface area contributed by atoms with Crippen LogP contribution in [0, 0.1) is 0 Å². The summed E-state index contributed by atoms with van der Waals surface area (Å²) in [6.07, 6.45) is 1.59. The van der Waals surface area contributed by atoms with Crippen molar-refractivity contribution < 1.29 is 14.3 Å². The molecule has 1 aliphatic rings. The number of hydrogen-bond acceptors (Lipinski definition) is 5. The molecule has 132 valence electrons. The summed E-state index contributed by atoms with van der Waals surface area (Å²) >= 11 is 0. The van der Waals surface area contributed by atoms with Gasteiger partial charge in [-0.1, -0.05) is 18.2 Å². The second kappa shape index (κ2) is 9.15. The number of pyridine rings is 1. The maximum absolute atomic E-state index is 12.2. The molecule has 2 heterocycles. The van der Waals surface area contributed by atoms with Crippen LogP contribution in [0.15, 0.2) is 48.7 Å². The number of carbonyl (C=O) groups is 1. The van der Waals surface area contributed by atoms with Crippen molar-refractivity contribution in [1.82, 2.24) is 15.2 Å². The van der Waals surface area contributed by atoms with Gasteiger partial charge in [-0.05, 0) is 24.3 Å². The molecule has 25 heavy (non-hydrogen) atoms. The Kier molecular flexibility index (Phi) is 6.36. The highest BCUT2D eigenvalue weighted by atomic mass is 16.5. The van der Waals surface area contributed by atoms with Crippen LogP contribution in [-0.2, 0) is 11.3 Å². The highest BCUT2D eigenvalue weighted by Gasteiger charge is 2.11. The number of carbonyl (C=O) groups excluding carboxylic acids is 1. The van der Waals surface area contributed by atoms with Gasteiger partial charge in [0, 0.05) is 32.4 Å². The summed E-state index contributed by atoms with van der Waals surface area (Å²) in [7, 11) is 0. The van der Waals surface area contributed by atoms with Gasteiger partial charge in [-0.25, -0.2) is 0 Å². The summed E-state index contributed by atoms with van der Waals surface area (Å²) in [4.78, 5) is 18.7. The molecule has 1 saturated heterocycles. The Bertz CT molecular complexity index is 655. The van der Waals surface area contributed by atoms with E-state index in [2.05, 4.69) is 15.2 Å². The third kappa shape index (κ3) is 5.55. The van der Waals surface area contributed by atoms with Crippen LogP contribution in [0.4, 0.5) is 0 Å². The number of nitrogens with one attached hydrogen (secondary N) is 1. The first kappa shape index (κ1) is 17.4. The molecule has 2 aromatic rings. The zero-order chi connectivity index (χ0) is 17.3. The Morgan fingerprint density at radius 1 is 1.16 bits per heavy atom. The first-order valence-electron chi connectivity index (χ1n) is 8.52. The second-order valence-corrected chi connectivity index (χ2v) is 5.85. The summed E-state index contributed by atoms with van der Waals surface area (Å²) in [6, 6.07) is 13.2. The third-order valence-electron chi connectivity index (χ3n) is 4.03. The fraction of sp³-hybridized carbons (Fsp3) is 0.368. The number of hydrogen-bond donors (Lipinski definition) is 1. The molecule has 3 rings (SSSR count). The number of rotatable bonds is 7. The summed E-state index contributed by atoms with van der Waals surface area (Å²) in [5, 5.41) is 2.93. The molecule has 0 saturated carbocycles. The first-order chi connectivity index (χ1) is 12.3. The van der Waals surface area contributed by atoms with Crippen molar-refractivity contribution in [2.45, 2.75) is 6.61 Å². The van der Waals surface area contributed by atoms with Crippen LogP contribution < -0.4 is 10.1 Å². The van der Waals surface area contributed by atoms with Crippen molar-refractivity contribution in [3.8, 4) is 5.75 Å². The lowest BCUT2D eigenvalue weighted by Gasteiger charge is -2.26. The maximum atomic E-state index is 12.2. The lowest BCUT2D eigenvalue weighted by molar-refractivity contribution is 0.0383. The molecule has 1 amide bonds. The standard InChI is InChI=1S/C19H23N3O3/c23-19(20-8-9-22-10-12-24-13-11-22)16-6-7-17(21-14-16)15-25-18-4-2-1-3-5-18/h1-7,14H,8-13,15H2,(H,20,23). The van der Waals surface area contributed by atoms with E-state index in [9.17, 15) is 4.79 Å². The van der Waals surface area contributed by atoms with E-state index in [0.29, 0.717) is 18.7 Å². The van der Waals surface area contributed by atoms with Gasteiger partial charge in [-0.15, -0.1) is 0 Å². The molecule has 1 N–H and O–H groups in total. The van der Waals surface area contributed by atoms with E-state index in [1.165, 1.54) is 0 Å². The zero-order valence-electron chi connectivity index (χ0n) is 14.2. The topological polar surface area (TPSA) is 63.7 Å². The van der Waals surface area contributed by atoms with Crippen LogP contribution in [0.5, 0.6) is 5.75 Å².